The summed E-state index contributed by atoms with van der Waals surface area (Å²) >= 11 is 13.9. The van der Waals surface area contributed by atoms with E-state index < -0.39 is 11.6 Å². The zero-order valence-electron chi connectivity index (χ0n) is 20.8. The van der Waals surface area contributed by atoms with Crippen LogP contribution in [0, 0.1) is 0 Å². The second-order valence-electron chi connectivity index (χ2n) is 9.69. The van der Waals surface area contributed by atoms with Gasteiger partial charge in [0.2, 0.25) is 11.8 Å². The monoisotopic (exact) mass is 542 g/mol. The lowest BCUT2D eigenvalue weighted by atomic mass is 10.0. The Morgan fingerprint density at radius 2 is 1.47 bits per heavy atom. The summed E-state index contributed by atoms with van der Waals surface area (Å²) < 4.78 is 0. The van der Waals surface area contributed by atoms with Gasteiger partial charge in [0.1, 0.15) is 6.04 Å². The molecule has 0 fully saturated rings. The summed E-state index contributed by atoms with van der Waals surface area (Å²) in [6, 6.07) is 24.4. The van der Waals surface area contributed by atoms with Crippen molar-refractivity contribution in [2.24, 2.45) is 0 Å². The Balaban J connectivity index is 1.89. The average Bonchev–Trinajstić information content (AvgIpc) is 2.83. The van der Waals surface area contributed by atoms with E-state index in [1.54, 1.807) is 17.0 Å². The number of hydrogen-bond acceptors (Lipinski definition) is 3. The molecular formula is C29H32Cl2N2O2S. The first-order chi connectivity index (χ1) is 17.1. The average molecular weight is 544 g/mol. The summed E-state index contributed by atoms with van der Waals surface area (Å²) in [5.74, 6) is 0.675. The standard InChI is InChI=1S/C29H32Cl2N2O2S/c1-29(2,3)32-28(35)26(17-21-10-6-4-7-11-21)33(18-23-14-15-24(30)25(31)16-23)27(34)20-36-19-22-12-8-5-9-13-22/h4-16,26H,17-20H2,1-3H3,(H,32,35)/t26-/m0/s1. The van der Waals surface area contributed by atoms with Gasteiger partial charge in [-0.3, -0.25) is 9.59 Å². The number of benzene rings is 3. The molecule has 0 aliphatic heterocycles. The molecular weight excluding hydrogens is 511 g/mol. The van der Waals surface area contributed by atoms with Gasteiger partial charge in [-0.2, -0.15) is 0 Å². The molecule has 0 aliphatic carbocycles. The number of nitrogens with one attached hydrogen (secondary N) is 1. The largest absolute Gasteiger partial charge is 0.350 e. The first-order valence-electron chi connectivity index (χ1n) is 11.8. The van der Waals surface area contributed by atoms with Crippen LogP contribution in [0.3, 0.4) is 0 Å². The smallest absolute Gasteiger partial charge is 0.243 e. The van der Waals surface area contributed by atoms with Gasteiger partial charge in [-0.25, -0.2) is 0 Å². The highest BCUT2D eigenvalue weighted by molar-refractivity contribution is 7.99. The lowest BCUT2D eigenvalue weighted by Crippen LogP contribution is -2.54. The molecule has 0 radical (unpaired) electrons. The number of carbonyl (C=O) groups excluding carboxylic acids is 2. The van der Waals surface area contributed by atoms with E-state index in [2.05, 4.69) is 5.32 Å². The Labute approximate surface area is 228 Å². The fourth-order valence-corrected chi connectivity index (χ4v) is 4.95. The highest BCUT2D eigenvalue weighted by Gasteiger charge is 2.32. The van der Waals surface area contributed by atoms with Crippen LogP contribution in [0.4, 0.5) is 0 Å². The second-order valence-corrected chi connectivity index (χ2v) is 11.5. The van der Waals surface area contributed by atoms with E-state index in [-0.39, 0.29) is 24.1 Å². The normalized spacial score (nSPS) is 12.1. The Morgan fingerprint density at radius 3 is 2.06 bits per heavy atom. The predicted octanol–water partition coefficient (Wildman–Crippen LogP) is 6.78. The zero-order chi connectivity index (χ0) is 26.1. The van der Waals surface area contributed by atoms with Gasteiger partial charge in [0, 0.05) is 24.3 Å². The van der Waals surface area contributed by atoms with Crippen LogP contribution >= 0.6 is 35.0 Å². The molecule has 0 unspecified atom stereocenters. The summed E-state index contributed by atoms with van der Waals surface area (Å²) in [6.07, 6.45) is 0.402. The minimum atomic E-state index is -0.689. The fraction of sp³-hybridized carbons (Fsp3) is 0.310. The third-order valence-electron chi connectivity index (χ3n) is 5.44. The Morgan fingerprint density at radius 1 is 0.861 bits per heavy atom. The third kappa shape index (κ3) is 8.88. The molecule has 0 aromatic heterocycles. The fourth-order valence-electron chi connectivity index (χ4n) is 3.75. The molecule has 0 aliphatic rings. The SMILES string of the molecule is CC(C)(C)NC(=O)[C@H](Cc1ccccc1)N(Cc1ccc(Cl)c(Cl)c1)C(=O)CSCc1ccccc1. The van der Waals surface area contributed by atoms with Crippen LogP contribution in [0.1, 0.15) is 37.5 Å². The van der Waals surface area contributed by atoms with E-state index in [1.165, 1.54) is 11.8 Å². The molecule has 3 aromatic carbocycles. The molecule has 2 amide bonds. The van der Waals surface area contributed by atoms with E-state index in [9.17, 15) is 9.59 Å². The van der Waals surface area contributed by atoms with E-state index in [0.29, 0.717) is 22.2 Å². The number of halogens is 2. The minimum absolute atomic E-state index is 0.105. The van der Waals surface area contributed by atoms with Gasteiger partial charge < -0.3 is 10.2 Å². The Hall–Kier alpha value is -2.47. The van der Waals surface area contributed by atoms with E-state index in [0.717, 1.165) is 16.7 Å². The third-order valence-corrected chi connectivity index (χ3v) is 7.17. The summed E-state index contributed by atoms with van der Waals surface area (Å²) in [7, 11) is 0. The number of hydrogen-bond donors (Lipinski definition) is 1. The molecule has 1 N–H and O–H groups in total. The van der Waals surface area contributed by atoms with Crippen molar-refractivity contribution in [1.82, 2.24) is 10.2 Å². The zero-order valence-corrected chi connectivity index (χ0v) is 23.2. The van der Waals surface area contributed by atoms with Crippen molar-refractivity contribution in [3.05, 3.63) is 106 Å². The number of rotatable bonds is 10. The van der Waals surface area contributed by atoms with Crippen molar-refractivity contribution in [3.63, 3.8) is 0 Å². The van der Waals surface area contributed by atoms with Gasteiger partial charge >= 0.3 is 0 Å². The van der Waals surface area contributed by atoms with Gasteiger partial charge in [-0.1, -0.05) is 89.9 Å². The van der Waals surface area contributed by atoms with Crippen LogP contribution in [0.25, 0.3) is 0 Å². The van der Waals surface area contributed by atoms with E-state index in [4.69, 9.17) is 23.2 Å². The summed E-state index contributed by atoms with van der Waals surface area (Å²) in [6.45, 7) is 6.05. The van der Waals surface area contributed by atoms with Crippen molar-refractivity contribution in [2.45, 2.75) is 51.1 Å². The first-order valence-corrected chi connectivity index (χ1v) is 13.7. The minimum Gasteiger partial charge on any atom is -0.350 e. The van der Waals surface area contributed by atoms with Crippen molar-refractivity contribution < 1.29 is 9.59 Å². The van der Waals surface area contributed by atoms with Gasteiger partial charge in [0.15, 0.2) is 0 Å². The van der Waals surface area contributed by atoms with Crippen LogP contribution in [-0.4, -0.2) is 34.0 Å². The summed E-state index contributed by atoms with van der Waals surface area (Å²) in [4.78, 5) is 28.9. The molecule has 0 saturated heterocycles. The second kappa shape index (κ2) is 13.2. The van der Waals surface area contributed by atoms with Crippen molar-refractivity contribution in [3.8, 4) is 0 Å². The van der Waals surface area contributed by atoms with E-state index in [1.807, 2.05) is 87.5 Å². The predicted molar refractivity (Wildman–Crippen MR) is 151 cm³/mol. The lowest BCUT2D eigenvalue weighted by Gasteiger charge is -2.34. The number of thioether (sulfide) groups is 1. The maximum atomic E-state index is 13.7. The number of nitrogens with zero attached hydrogens (tertiary/aromatic N) is 1. The highest BCUT2D eigenvalue weighted by atomic mass is 35.5. The van der Waals surface area contributed by atoms with Crippen LogP contribution in [-0.2, 0) is 28.3 Å². The van der Waals surface area contributed by atoms with Crippen LogP contribution in [0.2, 0.25) is 10.0 Å². The Bertz CT molecular complexity index is 1150. The van der Waals surface area contributed by atoms with Crippen molar-refractivity contribution >= 4 is 46.8 Å². The van der Waals surface area contributed by atoms with Gasteiger partial charge in [-0.15, -0.1) is 11.8 Å². The molecule has 7 heteroatoms. The van der Waals surface area contributed by atoms with Crippen LogP contribution < -0.4 is 5.32 Å². The quantitative estimate of drug-likeness (QED) is 0.307. The first kappa shape index (κ1) is 28.1. The molecule has 4 nitrogen and oxygen atoms in total. The molecule has 0 spiro atoms. The lowest BCUT2D eigenvalue weighted by molar-refractivity contribution is -0.140. The van der Waals surface area contributed by atoms with Gasteiger partial charge in [-0.05, 0) is 49.6 Å². The molecule has 0 saturated carbocycles. The van der Waals surface area contributed by atoms with Crippen molar-refractivity contribution in [1.29, 1.82) is 0 Å². The maximum absolute atomic E-state index is 13.7. The van der Waals surface area contributed by atoms with Crippen LogP contribution in [0.5, 0.6) is 0 Å². The molecule has 3 rings (SSSR count). The van der Waals surface area contributed by atoms with Crippen molar-refractivity contribution in [2.75, 3.05) is 5.75 Å². The summed E-state index contributed by atoms with van der Waals surface area (Å²) in [5, 5.41) is 3.94. The number of amides is 2. The number of carbonyl (C=O) groups is 2. The molecule has 36 heavy (non-hydrogen) atoms. The highest BCUT2D eigenvalue weighted by Crippen LogP contribution is 2.25. The Kier molecular flexibility index (Phi) is 10.3. The molecule has 1 atom stereocenters. The topological polar surface area (TPSA) is 49.4 Å². The van der Waals surface area contributed by atoms with Crippen LogP contribution in [0.15, 0.2) is 78.9 Å². The maximum Gasteiger partial charge on any atom is 0.243 e. The molecule has 3 aromatic rings. The molecule has 0 bridgehead atoms. The summed E-state index contributed by atoms with van der Waals surface area (Å²) in [5.41, 5.74) is 2.51. The van der Waals surface area contributed by atoms with Gasteiger partial charge in [0.05, 0.1) is 15.8 Å². The van der Waals surface area contributed by atoms with Gasteiger partial charge in [0.25, 0.3) is 0 Å². The molecule has 190 valence electrons. The molecule has 0 heterocycles. The van der Waals surface area contributed by atoms with E-state index >= 15 is 0 Å².